The number of nitrogens with zero attached hydrogens (tertiary/aromatic N) is 5. The molecule has 0 unspecified atom stereocenters. The lowest BCUT2D eigenvalue weighted by atomic mass is 10.2. The van der Waals surface area contributed by atoms with E-state index in [9.17, 15) is 4.79 Å². The second-order valence-electron chi connectivity index (χ2n) is 4.74. The summed E-state index contributed by atoms with van der Waals surface area (Å²) in [5.74, 6) is 1.73. The van der Waals surface area contributed by atoms with E-state index in [0.29, 0.717) is 17.5 Å². The average molecular weight is 333 g/mol. The van der Waals surface area contributed by atoms with Gasteiger partial charge in [0, 0.05) is 18.0 Å². The molecule has 0 bridgehead atoms. The summed E-state index contributed by atoms with van der Waals surface area (Å²) in [6.45, 7) is 4.19. The Labute approximate surface area is 135 Å². The zero-order chi connectivity index (χ0) is 16.2. The van der Waals surface area contributed by atoms with Crippen LogP contribution in [0.1, 0.15) is 30.8 Å². The highest BCUT2D eigenvalue weighted by Gasteiger charge is 2.18. The molecule has 3 aromatic heterocycles. The zero-order valence-electron chi connectivity index (χ0n) is 12.7. The van der Waals surface area contributed by atoms with E-state index in [-0.39, 0.29) is 11.8 Å². The summed E-state index contributed by atoms with van der Waals surface area (Å²) in [7, 11) is 0. The van der Waals surface area contributed by atoms with Gasteiger partial charge in [-0.2, -0.15) is 16.7 Å². The van der Waals surface area contributed by atoms with E-state index in [1.807, 2.05) is 6.92 Å². The van der Waals surface area contributed by atoms with Gasteiger partial charge in [-0.3, -0.25) is 9.51 Å². The third kappa shape index (κ3) is 3.34. The number of hydrogen-bond acceptors (Lipinski definition) is 8. The maximum atomic E-state index is 11.9. The number of rotatable bonds is 6. The van der Waals surface area contributed by atoms with Crippen molar-refractivity contribution >= 4 is 11.8 Å². The molecule has 23 heavy (non-hydrogen) atoms. The maximum Gasteiger partial charge on any atom is 0.442 e. The highest BCUT2D eigenvalue weighted by Crippen LogP contribution is 2.25. The van der Waals surface area contributed by atoms with Crippen molar-refractivity contribution in [2.24, 2.45) is 0 Å². The Morgan fingerprint density at radius 2 is 2.04 bits per heavy atom. The minimum absolute atomic E-state index is 0.108. The summed E-state index contributed by atoms with van der Waals surface area (Å²) in [6.07, 6.45) is 3.24. The largest absolute Gasteiger partial charge is 0.442 e. The highest BCUT2D eigenvalue weighted by atomic mass is 32.2. The van der Waals surface area contributed by atoms with Crippen LogP contribution < -0.4 is 5.76 Å². The van der Waals surface area contributed by atoms with Crippen molar-refractivity contribution in [2.75, 3.05) is 5.75 Å². The Morgan fingerprint density at radius 1 is 1.26 bits per heavy atom. The fourth-order valence-electron chi connectivity index (χ4n) is 2.07. The first-order chi connectivity index (χ1) is 11.2. The van der Waals surface area contributed by atoms with Gasteiger partial charge in [0.15, 0.2) is 11.6 Å². The van der Waals surface area contributed by atoms with Crippen LogP contribution in [0.15, 0.2) is 38.4 Å². The molecule has 0 N–H and O–H groups in total. The van der Waals surface area contributed by atoms with Crippen molar-refractivity contribution in [3.8, 4) is 11.4 Å². The van der Waals surface area contributed by atoms with Gasteiger partial charge < -0.3 is 4.52 Å². The number of aromatic nitrogens is 5. The van der Waals surface area contributed by atoms with E-state index in [1.165, 1.54) is 4.57 Å². The fraction of sp³-hybridized carbons (Fsp3) is 0.357. The average Bonchev–Trinajstić information content (AvgIpc) is 3.17. The Balaban J connectivity index is 1.87. The molecule has 3 rings (SSSR count). The third-order valence-corrected chi connectivity index (χ3v) is 4.23. The monoisotopic (exact) mass is 333 g/mol. The van der Waals surface area contributed by atoms with Crippen LogP contribution in [-0.2, 0) is 6.54 Å². The summed E-state index contributed by atoms with van der Waals surface area (Å²) in [5, 5.41) is 7.91. The molecule has 120 valence electrons. The van der Waals surface area contributed by atoms with E-state index in [2.05, 4.69) is 27.2 Å². The molecule has 9 heteroatoms. The predicted molar refractivity (Wildman–Crippen MR) is 83.9 cm³/mol. The zero-order valence-corrected chi connectivity index (χ0v) is 13.5. The van der Waals surface area contributed by atoms with Crippen LogP contribution in [0.5, 0.6) is 0 Å². The molecule has 0 aliphatic carbocycles. The van der Waals surface area contributed by atoms with Crippen LogP contribution in [0, 0.1) is 0 Å². The van der Waals surface area contributed by atoms with Crippen LogP contribution in [0.25, 0.3) is 11.4 Å². The minimum Gasteiger partial charge on any atom is -0.337 e. The van der Waals surface area contributed by atoms with Crippen molar-refractivity contribution in [2.45, 2.75) is 25.6 Å². The van der Waals surface area contributed by atoms with Gasteiger partial charge in [0.1, 0.15) is 6.54 Å². The van der Waals surface area contributed by atoms with E-state index in [4.69, 9.17) is 9.05 Å². The van der Waals surface area contributed by atoms with Gasteiger partial charge in [-0.15, -0.1) is 0 Å². The van der Waals surface area contributed by atoms with E-state index in [0.717, 1.165) is 11.3 Å². The molecule has 0 aromatic carbocycles. The summed E-state index contributed by atoms with van der Waals surface area (Å²) < 4.78 is 11.3. The van der Waals surface area contributed by atoms with Gasteiger partial charge in [0.05, 0.1) is 5.25 Å². The molecule has 8 nitrogen and oxygen atoms in total. The fourth-order valence-corrected chi connectivity index (χ4v) is 2.82. The van der Waals surface area contributed by atoms with E-state index >= 15 is 0 Å². The quantitative estimate of drug-likeness (QED) is 0.676. The number of hydrogen-bond donors (Lipinski definition) is 0. The predicted octanol–water partition coefficient (Wildman–Crippen LogP) is 2.14. The van der Waals surface area contributed by atoms with Crippen molar-refractivity contribution in [1.82, 2.24) is 24.8 Å². The second-order valence-corrected chi connectivity index (χ2v) is 6.36. The van der Waals surface area contributed by atoms with Crippen LogP contribution in [0.2, 0.25) is 0 Å². The lowest BCUT2D eigenvalue weighted by Crippen LogP contribution is -2.16. The first-order valence-electron chi connectivity index (χ1n) is 7.10. The summed E-state index contributed by atoms with van der Waals surface area (Å²) in [6, 6.07) is 3.49. The third-order valence-electron chi connectivity index (χ3n) is 3.18. The Hall–Kier alpha value is -2.42. The maximum absolute atomic E-state index is 11.9. The van der Waals surface area contributed by atoms with Crippen molar-refractivity contribution in [3.05, 3.63) is 46.8 Å². The number of pyridine rings is 1. The topological polar surface area (TPSA) is 99.8 Å². The molecule has 0 radical (unpaired) electrons. The first-order valence-corrected chi connectivity index (χ1v) is 8.15. The lowest BCUT2D eigenvalue weighted by Gasteiger charge is -2.02. The standard InChI is InChI=1S/C14H15N5O3S/c1-3-23-9(2)12-16-11(21-17-12)8-19-13(18-22-14(19)20)10-4-6-15-7-5-10/h4-7,9H,3,8H2,1-2H3/t9-/m0/s1. The van der Waals surface area contributed by atoms with Gasteiger partial charge >= 0.3 is 5.76 Å². The lowest BCUT2D eigenvalue weighted by molar-refractivity contribution is 0.351. The molecule has 0 fully saturated rings. The molecule has 0 amide bonds. The molecule has 0 saturated heterocycles. The molecule has 0 saturated carbocycles. The van der Waals surface area contributed by atoms with Crippen LogP contribution >= 0.6 is 11.8 Å². The molecular weight excluding hydrogens is 318 g/mol. The summed E-state index contributed by atoms with van der Waals surface area (Å²) in [4.78, 5) is 20.2. The van der Waals surface area contributed by atoms with Crippen molar-refractivity contribution in [1.29, 1.82) is 0 Å². The molecule has 0 aliphatic heterocycles. The van der Waals surface area contributed by atoms with Crippen LogP contribution in [0.3, 0.4) is 0 Å². The molecule has 3 aromatic rings. The smallest absolute Gasteiger partial charge is 0.337 e. The van der Waals surface area contributed by atoms with Crippen molar-refractivity contribution < 1.29 is 9.05 Å². The minimum atomic E-state index is -0.576. The van der Waals surface area contributed by atoms with E-state index in [1.54, 1.807) is 36.3 Å². The van der Waals surface area contributed by atoms with Gasteiger partial charge in [-0.05, 0) is 24.8 Å². The highest BCUT2D eigenvalue weighted by molar-refractivity contribution is 7.99. The SMILES string of the molecule is CCS[C@@H](C)c1noc(Cn2c(-c3ccncc3)noc2=O)n1. The molecule has 0 spiro atoms. The molecular formula is C14H15N5O3S. The van der Waals surface area contributed by atoms with E-state index < -0.39 is 5.76 Å². The van der Waals surface area contributed by atoms with Crippen LogP contribution in [-0.4, -0.2) is 30.6 Å². The number of thioether (sulfide) groups is 1. The first kappa shape index (κ1) is 15.5. The molecule has 0 aliphatic rings. The summed E-state index contributed by atoms with van der Waals surface area (Å²) in [5.41, 5.74) is 0.723. The van der Waals surface area contributed by atoms with Crippen molar-refractivity contribution in [3.63, 3.8) is 0 Å². The Kier molecular flexibility index (Phi) is 4.56. The Morgan fingerprint density at radius 3 is 2.78 bits per heavy atom. The van der Waals surface area contributed by atoms with Gasteiger partial charge in [-0.25, -0.2) is 9.36 Å². The second kappa shape index (κ2) is 6.78. The Bertz CT molecular complexity index is 826. The normalized spacial score (nSPS) is 12.4. The van der Waals surface area contributed by atoms with Gasteiger partial charge in [0.25, 0.3) is 0 Å². The molecule has 1 atom stereocenters. The summed E-state index contributed by atoms with van der Waals surface area (Å²) >= 11 is 1.72. The van der Waals surface area contributed by atoms with Gasteiger partial charge in [0.2, 0.25) is 5.89 Å². The van der Waals surface area contributed by atoms with Crippen LogP contribution in [0.4, 0.5) is 0 Å². The molecule has 3 heterocycles. The van der Waals surface area contributed by atoms with Gasteiger partial charge in [-0.1, -0.05) is 17.2 Å².